The van der Waals surface area contributed by atoms with Crippen molar-refractivity contribution in [3.63, 3.8) is 0 Å². The molecule has 1 N–H and O–H groups in total. The minimum Gasteiger partial charge on any atom is -0.375 e. The average Bonchev–Trinajstić information content (AvgIpc) is 2.75. The Balaban J connectivity index is 1.79. The summed E-state index contributed by atoms with van der Waals surface area (Å²) in [5.41, 5.74) is 0.111. The Morgan fingerprint density at radius 1 is 1.41 bits per heavy atom. The number of thioether (sulfide) groups is 1. The second kappa shape index (κ2) is 5.50. The highest BCUT2D eigenvalue weighted by atomic mass is 32.2. The zero-order valence-corrected chi connectivity index (χ0v) is 12.4. The summed E-state index contributed by atoms with van der Waals surface area (Å²) >= 11 is 2.15. The second-order valence-corrected chi connectivity index (χ2v) is 7.81. The highest BCUT2D eigenvalue weighted by molar-refractivity contribution is 8.00. The molecule has 0 radical (unpaired) electrons. The molecule has 0 amide bonds. The topological polar surface area (TPSA) is 21.3 Å². The third kappa shape index (κ3) is 3.62. The molecule has 0 saturated carbocycles. The van der Waals surface area contributed by atoms with Gasteiger partial charge in [0.25, 0.3) is 0 Å². The predicted molar refractivity (Wildman–Crippen MR) is 75.8 cm³/mol. The maximum Gasteiger partial charge on any atom is 0.0666 e. The molecule has 2 nitrogen and oxygen atoms in total. The lowest BCUT2D eigenvalue weighted by Gasteiger charge is -2.39. The molecule has 0 aromatic carbocycles. The predicted octanol–water partition coefficient (Wildman–Crippen LogP) is 3.21. The van der Waals surface area contributed by atoms with Gasteiger partial charge in [0.05, 0.1) is 5.60 Å². The van der Waals surface area contributed by atoms with E-state index in [1.807, 2.05) is 0 Å². The van der Waals surface area contributed by atoms with Crippen LogP contribution in [-0.2, 0) is 4.74 Å². The highest BCUT2D eigenvalue weighted by Crippen LogP contribution is 2.37. The molecular weight excluding hydrogens is 230 g/mol. The number of ether oxygens (including phenoxy) is 1. The van der Waals surface area contributed by atoms with Crippen molar-refractivity contribution >= 4 is 11.8 Å². The van der Waals surface area contributed by atoms with E-state index in [1.165, 1.54) is 38.0 Å². The monoisotopic (exact) mass is 257 g/mol. The molecule has 2 rings (SSSR count). The van der Waals surface area contributed by atoms with Crippen molar-refractivity contribution < 1.29 is 4.74 Å². The van der Waals surface area contributed by atoms with Crippen LogP contribution < -0.4 is 5.32 Å². The summed E-state index contributed by atoms with van der Waals surface area (Å²) in [4.78, 5) is 0. The standard InChI is InChI=1S/C14H27NOS/c1-4-13(2)10-12(6-8-16-13)15-11-14(3)7-5-9-17-14/h12,15H,4-11H2,1-3H3. The Kier molecular flexibility index (Phi) is 4.43. The van der Waals surface area contributed by atoms with E-state index >= 15 is 0 Å². The van der Waals surface area contributed by atoms with Gasteiger partial charge in [0.1, 0.15) is 0 Å². The van der Waals surface area contributed by atoms with Crippen molar-refractivity contribution in [2.45, 2.75) is 69.3 Å². The molecule has 0 aromatic rings. The molecule has 0 aliphatic carbocycles. The Hall–Kier alpha value is 0.270. The van der Waals surface area contributed by atoms with E-state index < -0.39 is 0 Å². The number of rotatable bonds is 4. The zero-order valence-electron chi connectivity index (χ0n) is 11.6. The third-order valence-corrected chi connectivity index (χ3v) is 5.95. The second-order valence-electron chi connectivity index (χ2n) is 6.12. The summed E-state index contributed by atoms with van der Waals surface area (Å²) in [6.07, 6.45) is 6.24. The Bertz CT molecular complexity index is 253. The Morgan fingerprint density at radius 2 is 2.24 bits per heavy atom. The maximum absolute atomic E-state index is 5.90. The van der Waals surface area contributed by atoms with Gasteiger partial charge >= 0.3 is 0 Å². The molecular formula is C14H27NOS. The molecule has 3 atom stereocenters. The van der Waals surface area contributed by atoms with Crippen molar-refractivity contribution in [2.75, 3.05) is 18.9 Å². The van der Waals surface area contributed by atoms with Crippen LogP contribution in [-0.4, -0.2) is 35.3 Å². The van der Waals surface area contributed by atoms with Crippen molar-refractivity contribution in [1.82, 2.24) is 5.32 Å². The largest absolute Gasteiger partial charge is 0.375 e. The van der Waals surface area contributed by atoms with Gasteiger partial charge in [0.15, 0.2) is 0 Å². The zero-order chi connectivity index (χ0) is 12.4. The van der Waals surface area contributed by atoms with Crippen LogP contribution in [0.15, 0.2) is 0 Å². The summed E-state index contributed by atoms with van der Waals surface area (Å²) in [6, 6.07) is 0.659. The Labute approximate surface area is 110 Å². The van der Waals surface area contributed by atoms with Gasteiger partial charge in [-0.3, -0.25) is 0 Å². The van der Waals surface area contributed by atoms with Gasteiger partial charge in [0.2, 0.25) is 0 Å². The van der Waals surface area contributed by atoms with Crippen LogP contribution in [0.25, 0.3) is 0 Å². The van der Waals surface area contributed by atoms with Crippen molar-refractivity contribution in [3.05, 3.63) is 0 Å². The average molecular weight is 257 g/mol. The molecule has 3 unspecified atom stereocenters. The molecule has 17 heavy (non-hydrogen) atoms. The number of hydrogen-bond donors (Lipinski definition) is 1. The van der Waals surface area contributed by atoms with Gasteiger partial charge in [-0.05, 0) is 51.7 Å². The fraction of sp³-hybridized carbons (Fsp3) is 1.00. The van der Waals surface area contributed by atoms with Crippen LogP contribution >= 0.6 is 11.8 Å². The fourth-order valence-electron chi connectivity index (χ4n) is 2.89. The molecule has 2 saturated heterocycles. The van der Waals surface area contributed by atoms with E-state index in [0.717, 1.165) is 13.0 Å². The molecule has 2 aliphatic heterocycles. The van der Waals surface area contributed by atoms with Gasteiger partial charge in [0, 0.05) is 23.9 Å². The summed E-state index contributed by atoms with van der Waals surface area (Å²) in [5, 5.41) is 3.79. The van der Waals surface area contributed by atoms with Crippen LogP contribution in [0, 0.1) is 0 Å². The first-order chi connectivity index (χ1) is 8.05. The molecule has 0 spiro atoms. The van der Waals surface area contributed by atoms with E-state index in [-0.39, 0.29) is 5.60 Å². The van der Waals surface area contributed by atoms with Gasteiger partial charge in [-0.2, -0.15) is 11.8 Å². The highest BCUT2D eigenvalue weighted by Gasteiger charge is 2.34. The summed E-state index contributed by atoms with van der Waals surface area (Å²) in [7, 11) is 0. The summed E-state index contributed by atoms with van der Waals surface area (Å²) in [5.74, 6) is 1.35. The third-order valence-electron chi connectivity index (χ3n) is 4.41. The van der Waals surface area contributed by atoms with Crippen LogP contribution in [0.3, 0.4) is 0 Å². The molecule has 2 fully saturated rings. The quantitative estimate of drug-likeness (QED) is 0.835. The van der Waals surface area contributed by atoms with Gasteiger partial charge < -0.3 is 10.1 Å². The normalized spacial score (nSPS) is 42.9. The molecule has 100 valence electrons. The Morgan fingerprint density at radius 3 is 2.88 bits per heavy atom. The maximum atomic E-state index is 5.90. The number of hydrogen-bond acceptors (Lipinski definition) is 3. The smallest absolute Gasteiger partial charge is 0.0666 e. The van der Waals surface area contributed by atoms with Gasteiger partial charge in [-0.25, -0.2) is 0 Å². The van der Waals surface area contributed by atoms with Gasteiger partial charge in [-0.15, -0.1) is 0 Å². The SMILES string of the molecule is CCC1(C)CC(NCC2(C)CCCS2)CCO1. The van der Waals surface area contributed by atoms with E-state index in [4.69, 9.17) is 4.74 Å². The lowest BCUT2D eigenvalue weighted by Crippen LogP contribution is -2.48. The van der Waals surface area contributed by atoms with Crippen molar-refractivity contribution in [3.8, 4) is 0 Å². The summed E-state index contributed by atoms with van der Waals surface area (Å²) in [6.45, 7) is 8.99. The van der Waals surface area contributed by atoms with Crippen molar-refractivity contribution in [2.24, 2.45) is 0 Å². The lowest BCUT2D eigenvalue weighted by atomic mass is 9.89. The van der Waals surface area contributed by atoms with E-state index in [9.17, 15) is 0 Å². The lowest BCUT2D eigenvalue weighted by molar-refractivity contribution is -0.0780. The van der Waals surface area contributed by atoms with Crippen LogP contribution in [0.4, 0.5) is 0 Å². The first kappa shape index (κ1) is 13.7. The first-order valence-corrected chi connectivity index (χ1v) is 8.05. The van der Waals surface area contributed by atoms with Crippen LogP contribution in [0.1, 0.15) is 52.9 Å². The summed E-state index contributed by atoms with van der Waals surface area (Å²) < 4.78 is 6.38. The minimum absolute atomic E-state index is 0.111. The van der Waals surface area contributed by atoms with Crippen LogP contribution in [0.2, 0.25) is 0 Å². The van der Waals surface area contributed by atoms with Crippen molar-refractivity contribution in [1.29, 1.82) is 0 Å². The first-order valence-electron chi connectivity index (χ1n) is 7.07. The molecule has 2 heterocycles. The molecule has 2 aliphatic rings. The fourth-order valence-corrected chi connectivity index (χ4v) is 4.14. The van der Waals surface area contributed by atoms with Crippen LogP contribution in [0.5, 0.6) is 0 Å². The van der Waals surface area contributed by atoms with E-state index in [0.29, 0.717) is 10.8 Å². The van der Waals surface area contributed by atoms with Gasteiger partial charge in [-0.1, -0.05) is 6.92 Å². The molecule has 3 heteroatoms. The number of nitrogens with one attached hydrogen (secondary N) is 1. The minimum atomic E-state index is 0.111. The van der Waals surface area contributed by atoms with E-state index in [1.54, 1.807) is 0 Å². The molecule has 0 aromatic heterocycles. The van der Waals surface area contributed by atoms with E-state index in [2.05, 4.69) is 37.8 Å². The molecule has 0 bridgehead atoms.